The van der Waals surface area contributed by atoms with Gasteiger partial charge in [0, 0.05) is 26.2 Å². The molecule has 132 valence electrons. The molecule has 0 saturated carbocycles. The second-order valence-electron chi connectivity index (χ2n) is 5.94. The lowest BCUT2D eigenvalue weighted by Crippen LogP contribution is -2.25. The van der Waals surface area contributed by atoms with Gasteiger partial charge in [-0.05, 0) is 12.0 Å². The molecule has 8 nitrogen and oxygen atoms in total. The highest BCUT2D eigenvalue weighted by Crippen LogP contribution is 2.35. The average Bonchev–Trinajstić information content (AvgIpc) is 2.90. The number of amides is 1. The van der Waals surface area contributed by atoms with E-state index in [0.717, 1.165) is 12.0 Å². The summed E-state index contributed by atoms with van der Waals surface area (Å²) >= 11 is 0. The van der Waals surface area contributed by atoms with Gasteiger partial charge < -0.3 is 19.3 Å². The van der Waals surface area contributed by atoms with Crippen molar-refractivity contribution < 1.29 is 19.2 Å². The van der Waals surface area contributed by atoms with Gasteiger partial charge in [0.25, 0.3) is 5.91 Å². The molecule has 3 rings (SSSR count). The molecule has 2 heterocycles. The highest BCUT2D eigenvalue weighted by atomic mass is 16.5. The number of imidazole rings is 1. The van der Waals surface area contributed by atoms with E-state index in [2.05, 4.69) is 4.98 Å². The molecule has 8 heteroatoms. The Labute approximate surface area is 143 Å². The molecular formula is C17H19N3O5. The highest BCUT2D eigenvalue weighted by Gasteiger charge is 2.24. The number of nitrogens with zero attached hydrogens (tertiary/aromatic N) is 3. The van der Waals surface area contributed by atoms with Crippen molar-refractivity contribution in [3.63, 3.8) is 0 Å². The number of carbonyl (C=O) groups is 1. The third kappa shape index (κ3) is 2.59. The maximum atomic E-state index is 12.2. The lowest BCUT2D eigenvalue weighted by atomic mass is 10.0. The van der Waals surface area contributed by atoms with E-state index in [0.29, 0.717) is 27.8 Å². The minimum Gasteiger partial charge on any atom is -0.496 e. The van der Waals surface area contributed by atoms with Crippen molar-refractivity contribution in [2.24, 2.45) is 0 Å². The molecule has 1 N–H and O–H groups in total. The second kappa shape index (κ2) is 6.12. The monoisotopic (exact) mass is 345 g/mol. The largest absolute Gasteiger partial charge is 0.496 e. The molecule has 3 aromatic rings. The average molecular weight is 345 g/mol. The quantitative estimate of drug-likeness (QED) is 0.574. The Morgan fingerprint density at radius 2 is 2.12 bits per heavy atom. The van der Waals surface area contributed by atoms with Gasteiger partial charge in [0.2, 0.25) is 5.82 Å². The van der Waals surface area contributed by atoms with Crippen LogP contribution in [0.4, 0.5) is 0 Å². The normalized spacial score (nSPS) is 11.2. The van der Waals surface area contributed by atoms with Gasteiger partial charge >= 0.3 is 5.63 Å². The molecule has 0 aliphatic carbocycles. The standard InChI is InChI=1S/C17H19N3O5/c1-5-6-9-7-12(21)25-15-13(9)11(24-4)8-10-14(15)20(23)16(18-10)17(22)19(2)3/h7-8,23H,5-6H2,1-4H3. The molecule has 0 aliphatic rings. The summed E-state index contributed by atoms with van der Waals surface area (Å²) in [5.41, 5.74) is 0.837. The van der Waals surface area contributed by atoms with Crippen molar-refractivity contribution in [1.82, 2.24) is 14.6 Å². The number of methoxy groups -OCH3 is 1. The van der Waals surface area contributed by atoms with E-state index in [1.807, 2.05) is 6.92 Å². The number of hydrogen-bond acceptors (Lipinski definition) is 6. The van der Waals surface area contributed by atoms with Crippen LogP contribution in [0.25, 0.3) is 22.0 Å². The molecule has 0 unspecified atom stereocenters. The number of ether oxygens (including phenoxy) is 1. The molecule has 2 aromatic heterocycles. The fraction of sp³-hybridized carbons (Fsp3) is 0.353. The van der Waals surface area contributed by atoms with Crippen LogP contribution in [-0.4, -0.2) is 46.9 Å². The van der Waals surface area contributed by atoms with Crippen molar-refractivity contribution >= 4 is 27.9 Å². The topological polar surface area (TPSA) is 97.8 Å². The number of hydrogen-bond donors (Lipinski definition) is 1. The Morgan fingerprint density at radius 3 is 2.72 bits per heavy atom. The number of benzene rings is 1. The third-order valence-corrected chi connectivity index (χ3v) is 3.99. The van der Waals surface area contributed by atoms with Crippen molar-refractivity contribution in [3.8, 4) is 5.75 Å². The van der Waals surface area contributed by atoms with Crippen molar-refractivity contribution in [3.05, 3.63) is 33.9 Å². The Balaban J connectivity index is 2.48. The van der Waals surface area contributed by atoms with E-state index in [-0.39, 0.29) is 16.9 Å². The summed E-state index contributed by atoms with van der Waals surface area (Å²) in [6.45, 7) is 2.00. The van der Waals surface area contributed by atoms with Crippen molar-refractivity contribution in [2.45, 2.75) is 19.8 Å². The molecule has 0 fully saturated rings. The predicted octanol–water partition coefficient (Wildman–Crippen LogP) is 2.04. The zero-order valence-electron chi connectivity index (χ0n) is 14.5. The van der Waals surface area contributed by atoms with Crippen LogP contribution in [0.1, 0.15) is 29.5 Å². The van der Waals surface area contributed by atoms with E-state index in [1.54, 1.807) is 20.2 Å². The van der Waals surface area contributed by atoms with Gasteiger partial charge in [-0.25, -0.2) is 9.78 Å². The van der Waals surface area contributed by atoms with Crippen molar-refractivity contribution in [2.75, 3.05) is 21.2 Å². The number of aryl methyl sites for hydroxylation is 1. The van der Waals surface area contributed by atoms with Crippen LogP contribution >= 0.6 is 0 Å². The van der Waals surface area contributed by atoms with E-state index in [4.69, 9.17) is 9.15 Å². The molecule has 0 atom stereocenters. The van der Waals surface area contributed by atoms with E-state index in [1.165, 1.54) is 18.1 Å². The Bertz CT molecular complexity index is 1030. The summed E-state index contributed by atoms with van der Waals surface area (Å²) in [5.74, 6) is -0.173. The van der Waals surface area contributed by atoms with Crippen LogP contribution in [-0.2, 0) is 6.42 Å². The van der Waals surface area contributed by atoms with Crippen LogP contribution in [0.2, 0.25) is 0 Å². The molecule has 0 spiro atoms. The molecule has 1 amide bonds. The first-order valence-corrected chi connectivity index (χ1v) is 7.86. The van der Waals surface area contributed by atoms with Crippen LogP contribution in [0.15, 0.2) is 21.3 Å². The smallest absolute Gasteiger partial charge is 0.336 e. The lowest BCUT2D eigenvalue weighted by molar-refractivity contribution is 0.0772. The Kier molecular flexibility index (Phi) is 4.12. The molecule has 0 saturated heterocycles. The van der Waals surface area contributed by atoms with Gasteiger partial charge in [-0.15, -0.1) is 0 Å². The lowest BCUT2D eigenvalue weighted by Gasteiger charge is -2.10. The number of rotatable bonds is 4. The van der Waals surface area contributed by atoms with Gasteiger partial charge in [0.05, 0.1) is 12.5 Å². The molecule has 0 radical (unpaired) electrons. The molecule has 0 bridgehead atoms. The number of fused-ring (bicyclic) bond motifs is 3. The van der Waals surface area contributed by atoms with Crippen LogP contribution in [0, 0.1) is 0 Å². The fourth-order valence-electron chi connectivity index (χ4n) is 2.88. The third-order valence-electron chi connectivity index (χ3n) is 3.99. The Hall–Kier alpha value is -3.03. The van der Waals surface area contributed by atoms with E-state index in [9.17, 15) is 14.8 Å². The SMILES string of the molecule is CCCc1cc(=O)oc2c1c(OC)cc1nc(C(=O)N(C)C)n(O)c12. The zero-order valence-corrected chi connectivity index (χ0v) is 14.5. The molecule has 1 aromatic carbocycles. The maximum Gasteiger partial charge on any atom is 0.336 e. The first-order chi connectivity index (χ1) is 11.9. The van der Waals surface area contributed by atoms with Gasteiger partial charge in [0.1, 0.15) is 11.3 Å². The van der Waals surface area contributed by atoms with E-state index >= 15 is 0 Å². The highest BCUT2D eigenvalue weighted by molar-refractivity contribution is 6.07. The summed E-state index contributed by atoms with van der Waals surface area (Å²) in [6.07, 6.45) is 1.47. The fourth-order valence-corrected chi connectivity index (χ4v) is 2.88. The molecular weight excluding hydrogens is 326 g/mol. The first-order valence-electron chi connectivity index (χ1n) is 7.86. The van der Waals surface area contributed by atoms with Gasteiger partial charge in [0.15, 0.2) is 11.1 Å². The predicted molar refractivity (Wildman–Crippen MR) is 91.5 cm³/mol. The minimum atomic E-state index is -0.535. The van der Waals surface area contributed by atoms with Crippen LogP contribution in [0.5, 0.6) is 5.75 Å². The van der Waals surface area contributed by atoms with Crippen LogP contribution in [0.3, 0.4) is 0 Å². The second-order valence-corrected chi connectivity index (χ2v) is 5.94. The summed E-state index contributed by atoms with van der Waals surface area (Å²) in [7, 11) is 4.61. The van der Waals surface area contributed by atoms with Gasteiger partial charge in [-0.3, -0.25) is 4.79 Å². The number of aromatic nitrogens is 2. The summed E-state index contributed by atoms with van der Waals surface area (Å²) < 4.78 is 11.5. The minimum absolute atomic E-state index is 0.151. The number of carbonyl (C=O) groups excluding carboxylic acids is 1. The van der Waals surface area contributed by atoms with Crippen LogP contribution < -0.4 is 10.4 Å². The molecule has 0 aliphatic heterocycles. The maximum absolute atomic E-state index is 12.2. The zero-order chi connectivity index (χ0) is 18.3. The van der Waals surface area contributed by atoms with Gasteiger partial charge in [-0.2, -0.15) is 4.73 Å². The summed E-state index contributed by atoms with van der Waals surface area (Å²) in [4.78, 5) is 29.7. The van der Waals surface area contributed by atoms with Gasteiger partial charge in [-0.1, -0.05) is 13.3 Å². The first kappa shape index (κ1) is 16.8. The molecule has 25 heavy (non-hydrogen) atoms. The summed E-state index contributed by atoms with van der Waals surface area (Å²) in [5, 5.41) is 11.1. The van der Waals surface area contributed by atoms with E-state index < -0.39 is 11.5 Å². The summed E-state index contributed by atoms with van der Waals surface area (Å²) in [6, 6.07) is 3.04. The Morgan fingerprint density at radius 1 is 1.40 bits per heavy atom. The van der Waals surface area contributed by atoms with Crippen molar-refractivity contribution in [1.29, 1.82) is 0 Å².